The molecule has 116 valence electrons. The Kier molecular flexibility index (Phi) is 4.18. The summed E-state index contributed by atoms with van der Waals surface area (Å²) in [6, 6.07) is 8.85. The second kappa shape index (κ2) is 6.25. The predicted octanol–water partition coefficient (Wildman–Crippen LogP) is 3.45. The van der Waals surface area contributed by atoms with Crippen LogP contribution in [0.4, 0.5) is 20.4 Å². The van der Waals surface area contributed by atoms with Crippen molar-refractivity contribution < 1.29 is 8.78 Å². The molecular formula is C16H18F2N4. The van der Waals surface area contributed by atoms with Crippen molar-refractivity contribution in [3.8, 4) is 0 Å². The van der Waals surface area contributed by atoms with Gasteiger partial charge in [-0.15, -0.1) is 0 Å². The highest BCUT2D eigenvalue weighted by atomic mass is 19.3. The van der Waals surface area contributed by atoms with E-state index in [0.29, 0.717) is 11.7 Å². The third-order valence-corrected chi connectivity index (χ3v) is 4.00. The molecular weight excluding hydrogens is 286 g/mol. The van der Waals surface area contributed by atoms with Crippen LogP contribution in [-0.2, 0) is 0 Å². The number of nitrogens with zero attached hydrogens (tertiary/aromatic N) is 3. The van der Waals surface area contributed by atoms with Gasteiger partial charge in [0.2, 0.25) is 0 Å². The smallest absolute Gasteiger partial charge is 0.280 e. The lowest BCUT2D eigenvalue weighted by Gasteiger charge is -2.18. The molecule has 1 atom stereocenters. The van der Waals surface area contributed by atoms with Gasteiger partial charge in [0.05, 0.1) is 0 Å². The summed E-state index contributed by atoms with van der Waals surface area (Å²) in [5.41, 5.74) is 1.05. The average molecular weight is 304 g/mol. The number of pyridine rings is 2. The number of alkyl halides is 2. The van der Waals surface area contributed by atoms with Gasteiger partial charge >= 0.3 is 0 Å². The van der Waals surface area contributed by atoms with Crippen LogP contribution >= 0.6 is 0 Å². The monoisotopic (exact) mass is 304 g/mol. The highest BCUT2D eigenvalue weighted by molar-refractivity contribution is 5.44. The number of aromatic nitrogens is 2. The number of rotatable bonds is 4. The van der Waals surface area contributed by atoms with Gasteiger partial charge in [0.15, 0.2) is 0 Å². The van der Waals surface area contributed by atoms with Gasteiger partial charge in [-0.05, 0) is 36.2 Å². The Morgan fingerprint density at radius 3 is 2.95 bits per heavy atom. The zero-order valence-corrected chi connectivity index (χ0v) is 12.3. The Morgan fingerprint density at radius 2 is 2.18 bits per heavy atom. The second-order valence-corrected chi connectivity index (χ2v) is 5.38. The maximum Gasteiger partial charge on any atom is 0.280 e. The first-order valence-corrected chi connectivity index (χ1v) is 7.31. The lowest BCUT2D eigenvalue weighted by Crippen LogP contribution is -2.20. The average Bonchev–Trinajstić information content (AvgIpc) is 3.05. The van der Waals surface area contributed by atoms with Crippen LogP contribution in [0.3, 0.4) is 0 Å². The van der Waals surface area contributed by atoms with Gasteiger partial charge in [-0.25, -0.2) is 18.7 Å². The van der Waals surface area contributed by atoms with Crippen LogP contribution in [0, 0.1) is 0 Å². The van der Waals surface area contributed by atoms with Gasteiger partial charge in [-0.1, -0.05) is 6.07 Å². The second-order valence-electron chi connectivity index (χ2n) is 5.38. The molecule has 1 N–H and O–H groups in total. The van der Waals surface area contributed by atoms with E-state index in [1.807, 2.05) is 19.2 Å². The number of anilines is 2. The van der Waals surface area contributed by atoms with Crippen LogP contribution in [0.15, 0.2) is 36.5 Å². The van der Waals surface area contributed by atoms with Crippen molar-refractivity contribution in [3.63, 3.8) is 0 Å². The first-order valence-electron chi connectivity index (χ1n) is 7.31. The third kappa shape index (κ3) is 3.00. The molecule has 0 aromatic carbocycles. The number of hydrogen-bond donors (Lipinski definition) is 1. The molecule has 2 aromatic heterocycles. The molecule has 3 rings (SSSR count). The van der Waals surface area contributed by atoms with Crippen LogP contribution in [0.1, 0.15) is 30.0 Å². The summed E-state index contributed by atoms with van der Waals surface area (Å²) in [4.78, 5) is 10.3. The molecule has 22 heavy (non-hydrogen) atoms. The summed E-state index contributed by atoms with van der Waals surface area (Å²) in [6.07, 6.45) is 0.240. The quantitative estimate of drug-likeness (QED) is 0.939. The minimum absolute atomic E-state index is 0.165. The minimum Gasteiger partial charge on any atom is -0.373 e. The van der Waals surface area contributed by atoms with E-state index >= 15 is 0 Å². The molecule has 1 unspecified atom stereocenters. The fourth-order valence-electron chi connectivity index (χ4n) is 2.82. The van der Waals surface area contributed by atoms with E-state index in [1.54, 1.807) is 18.3 Å². The largest absolute Gasteiger partial charge is 0.373 e. The molecule has 0 bridgehead atoms. The fourth-order valence-corrected chi connectivity index (χ4v) is 2.82. The molecule has 6 heteroatoms. The Morgan fingerprint density at radius 1 is 1.32 bits per heavy atom. The van der Waals surface area contributed by atoms with Crippen molar-refractivity contribution in [1.29, 1.82) is 0 Å². The minimum atomic E-state index is -2.53. The van der Waals surface area contributed by atoms with E-state index in [-0.39, 0.29) is 5.69 Å². The van der Waals surface area contributed by atoms with Gasteiger partial charge < -0.3 is 10.2 Å². The van der Waals surface area contributed by atoms with E-state index < -0.39 is 6.43 Å². The van der Waals surface area contributed by atoms with Gasteiger partial charge in [-0.3, -0.25) is 0 Å². The fraction of sp³-hybridized carbons (Fsp3) is 0.375. The number of halogens is 2. The van der Waals surface area contributed by atoms with Crippen LogP contribution in [-0.4, -0.2) is 30.1 Å². The Bertz CT molecular complexity index is 648. The maximum atomic E-state index is 12.8. The first kappa shape index (κ1) is 14.7. The van der Waals surface area contributed by atoms with Crippen LogP contribution in [0.25, 0.3) is 0 Å². The SMILES string of the molecule is CNc1cc(C2CCN(c3cccc(C(F)F)n3)C2)ccn1. The van der Waals surface area contributed by atoms with E-state index in [4.69, 9.17) is 0 Å². The molecule has 2 aromatic rings. The topological polar surface area (TPSA) is 41.0 Å². The summed E-state index contributed by atoms with van der Waals surface area (Å²) >= 11 is 0. The van der Waals surface area contributed by atoms with Gasteiger partial charge in [-0.2, -0.15) is 0 Å². The third-order valence-electron chi connectivity index (χ3n) is 4.00. The molecule has 1 aliphatic rings. The molecule has 1 aliphatic heterocycles. The normalized spacial score (nSPS) is 18.0. The van der Waals surface area contributed by atoms with Crippen molar-refractivity contribution in [1.82, 2.24) is 9.97 Å². The van der Waals surface area contributed by atoms with Crippen molar-refractivity contribution in [2.75, 3.05) is 30.4 Å². The predicted molar refractivity (Wildman–Crippen MR) is 82.5 cm³/mol. The summed E-state index contributed by atoms with van der Waals surface area (Å²) in [5, 5.41) is 3.03. The van der Waals surface area contributed by atoms with E-state index in [1.165, 1.54) is 11.6 Å². The first-order chi connectivity index (χ1) is 10.7. The van der Waals surface area contributed by atoms with Crippen LogP contribution < -0.4 is 10.2 Å². The molecule has 4 nitrogen and oxygen atoms in total. The van der Waals surface area contributed by atoms with Gasteiger partial charge in [0, 0.05) is 32.3 Å². The Labute approximate surface area is 128 Å². The molecule has 0 aliphatic carbocycles. The molecule has 0 saturated carbocycles. The molecule has 0 radical (unpaired) electrons. The van der Waals surface area contributed by atoms with Gasteiger partial charge in [0.1, 0.15) is 17.3 Å². The molecule has 1 saturated heterocycles. The highest BCUT2D eigenvalue weighted by Gasteiger charge is 2.25. The molecule has 1 fully saturated rings. The Hall–Kier alpha value is -2.24. The standard InChI is InChI=1S/C16H18F2N4/c1-19-14-9-11(5-7-20-14)12-6-8-22(10-12)15-4-2-3-13(21-15)16(17)18/h2-5,7,9,12,16H,6,8,10H2,1H3,(H,19,20). The van der Waals surface area contributed by atoms with E-state index in [2.05, 4.69) is 20.2 Å². The van der Waals surface area contributed by atoms with E-state index in [0.717, 1.165) is 25.3 Å². The van der Waals surface area contributed by atoms with Crippen molar-refractivity contribution >= 4 is 11.6 Å². The molecule has 0 spiro atoms. The number of hydrogen-bond acceptors (Lipinski definition) is 4. The zero-order chi connectivity index (χ0) is 15.5. The summed E-state index contributed by atoms with van der Waals surface area (Å²) in [6.45, 7) is 1.61. The van der Waals surface area contributed by atoms with Crippen LogP contribution in [0.2, 0.25) is 0 Å². The number of nitrogens with one attached hydrogen (secondary N) is 1. The maximum absolute atomic E-state index is 12.8. The van der Waals surface area contributed by atoms with Gasteiger partial charge in [0.25, 0.3) is 6.43 Å². The van der Waals surface area contributed by atoms with E-state index in [9.17, 15) is 8.78 Å². The Balaban J connectivity index is 1.75. The molecule has 0 amide bonds. The van der Waals surface area contributed by atoms with Crippen molar-refractivity contribution in [2.45, 2.75) is 18.8 Å². The summed E-state index contributed by atoms with van der Waals surface area (Å²) in [7, 11) is 1.84. The summed E-state index contributed by atoms with van der Waals surface area (Å²) in [5.74, 6) is 1.84. The summed E-state index contributed by atoms with van der Waals surface area (Å²) < 4.78 is 25.5. The lowest BCUT2D eigenvalue weighted by molar-refractivity contribution is 0.146. The van der Waals surface area contributed by atoms with Crippen molar-refractivity contribution in [3.05, 3.63) is 47.8 Å². The zero-order valence-electron chi connectivity index (χ0n) is 12.3. The molecule has 3 heterocycles. The van der Waals surface area contributed by atoms with Crippen molar-refractivity contribution in [2.24, 2.45) is 0 Å². The van der Waals surface area contributed by atoms with Crippen LogP contribution in [0.5, 0.6) is 0 Å². The highest BCUT2D eigenvalue weighted by Crippen LogP contribution is 2.31. The lowest BCUT2D eigenvalue weighted by atomic mass is 9.99.